The number of phenols is 2. The van der Waals surface area contributed by atoms with Crippen LogP contribution in [0.3, 0.4) is 0 Å². The predicted octanol–water partition coefficient (Wildman–Crippen LogP) is 3.88. The zero-order valence-corrected chi connectivity index (χ0v) is 24.7. The number of aromatic hydroxyl groups is 2. The summed E-state index contributed by atoms with van der Waals surface area (Å²) in [5, 5.41) is 25.3. The lowest BCUT2D eigenvalue weighted by Gasteiger charge is -2.31. The Morgan fingerprint density at radius 2 is 1.81 bits per heavy atom. The van der Waals surface area contributed by atoms with E-state index in [0.29, 0.717) is 36.0 Å². The number of ether oxygens (including phenoxy) is 1. The molecule has 3 aromatic carbocycles. The first-order valence-electron chi connectivity index (χ1n) is 14.2. The van der Waals surface area contributed by atoms with Gasteiger partial charge in [-0.3, -0.25) is 14.6 Å². The van der Waals surface area contributed by atoms with Gasteiger partial charge in [0.05, 0.1) is 30.9 Å². The third kappa shape index (κ3) is 7.02. The number of anilines is 2. The summed E-state index contributed by atoms with van der Waals surface area (Å²) in [5.41, 5.74) is 10.4. The number of nitrogens with zero attached hydrogens (tertiary/aromatic N) is 2. The van der Waals surface area contributed by atoms with Crippen molar-refractivity contribution in [2.45, 2.75) is 51.5 Å². The Bertz CT molecular complexity index is 1520. The summed E-state index contributed by atoms with van der Waals surface area (Å²) in [5.74, 6) is -0.247. The number of carbonyl (C=O) groups excluding carboxylic acids is 2. The second-order valence-electron chi connectivity index (χ2n) is 10.4. The van der Waals surface area contributed by atoms with E-state index in [1.165, 1.54) is 18.2 Å². The third-order valence-electron chi connectivity index (χ3n) is 7.28. The molecule has 12 heteroatoms. The highest BCUT2D eigenvalue weighted by molar-refractivity contribution is 6.30. The van der Waals surface area contributed by atoms with Crippen LogP contribution in [-0.4, -0.2) is 59.3 Å². The van der Waals surface area contributed by atoms with Gasteiger partial charge in [-0.25, -0.2) is 10.9 Å². The number of nitrogens with one attached hydrogen (secondary N) is 4. The summed E-state index contributed by atoms with van der Waals surface area (Å²) in [4.78, 5) is 32.4. The molecule has 3 atom stereocenters. The molecule has 2 unspecified atom stereocenters. The van der Waals surface area contributed by atoms with Crippen LogP contribution < -0.4 is 31.1 Å². The number of hydrazine groups is 1. The molecule has 6 N–H and O–H groups in total. The molecule has 2 heterocycles. The maximum Gasteiger partial charge on any atom is 0.224 e. The van der Waals surface area contributed by atoms with Crippen molar-refractivity contribution in [3.63, 3.8) is 0 Å². The van der Waals surface area contributed by atoms with Crippen molar-refractivity contribution in [1.82, 2.24) is 16.2 Å². The number of hydrogen-bond donors (Lipinski definition) is 6. The molecule has 0 bridgehead atoms. The molecule has 3 aromatic rings. The first-order valence-corrected chi connectivity index (χ1v) is 14.6. The fourth-order valence-electron chi connectivity index (χ4n) is 5.25. The lowest BCUT2D eigenvalue weighted by atomic mass is 9.99. The van der Waals surface area contributed by atoms with Crippen LogP contribution in [0.1, 0.15) is 44.2 Å². The summed E-state index contributed by atoms with van der Waals surface area (Å²) in [6.07, 6.45) is 0.536. The normalized spacial score (nSPS) is 19.1. The van der Waals surface area contributed by atoms with Crippen LogP contribution in [-0.2, 0) is 9.59 Å². The molecule has 1 fully saturated rings. The molecular weight excluding hydrogens is 572 g/mol. The molecule has 0 saturated carbocycles. The molecule has 2 aliphatic rings. The monoisotopic (exact) mass is 606 g/mol. The van der Waals surface area contributed by atoms with Gasteiger partial charge in [0.1, 0.15) is 11.9 Å². The van der Waals surface area contributed by atoms with Crippen LogP contribution in [0.25, 0.3) is 0 Å². The third-order valence-corrected chi connectivity index (χ3v) is 7.53. The molecule has 0 radical (unpaired) electrons. The Balaban J connectivity index is 1.36. The summed E-state index contributed by atoms with van der Waals surface area (Å²) in [6, 6.07) is 17.0. The molecule has 1 saturated heterocycles. The largest absolute Gasteiger partial charge is 0.504 e. The molecule has 0 aromatic heterocycles. The molecule has 43 heavy (non-hydrogen) atoms. The Morgan fingerprint density at radius 3 is 2.56 bits per heavy atom. The van der Waals surface area contributed by atoms with Crippen molar-refractivity contribution < 1.29 is 24.5 Å². The van der Waals surface area contributed by atoms with E-state index in [0.717, 1.165) is 22.5 Å². The number of halogens is 1. The molecule has 11 nitrogen and oxygen atoms in total. The minimum Gasteiger partial charge on any atom is -0.504 e. The van der Waals surface area contributed by atoms with Gasteiger partial charge in [-0.15, -0.1) is 0 Å². The van der Waals surface area contributed by atoms with Crippen molar-refractivity contribution in [1.29, 1.82) is 0 Å². The maximum atomic E-state index is 12.7. The summed E-state index contributed by atoms with van der Waals surface area (Å²) in [7, 11) is 0. The van der Waals surface area contributed by atoms with Crippen LogP contribution in [0.4, 0.5) is 11.4 Å². The SMILES string of the molecule is CCNC(=O)C[C@@H]1N=C(c2ccc(Cl)cc2)c2cc(OCCCC(=O)Nc3ccc(O)c(O)c3)ccc2N2C(C)NNC12. The van der Waals surface area contributed by atoms with Crippen molar-refractivity contribution >= 4 is 40.5 Å². The standard InChI is InChI=1S/C31H35ClN6O5/c1-3-33-29(42)17-24-31-37-36-18(2)38(31)25-12-11-22(16-23(25)30(35-24)19-6-8-20(32)9-7-19)43-14-4-5-28(41)34-21-10-13-26(39)27(40)15-21/h6-13,15-16,18,24,31,36-37,39-40H,3-5,14,17H2,1-2H3,(H,33,42)(H,34,41)/t18?,24-,31?/m0/s1. The van der Waals surface area contributed by atoms with E-state index in [4.69, 9.17) is 21.3 Å². The van der Waals surface area contributed by atoms with E-state index in [1.54, 1.807) is 0 Å². The van der Waals surface area contributed by atoms with Crippen LogP contribution >= 0.6 is 11.6 Å². The van der Waals surface area contributed by atoms with Gasteiger partial charge in [-0.05, 0) is 62.7 Å². The van der Waals surface area contributed by atoms with E-state index in [2.05, 4.69) is 26.4 Å². The van der Waals surface area contributed by atoms with Crippen molar-refractivity contribution in [3.8, 4) is 17.2 Å². The van der Waals surface area contributed by atoms with E-state index in [-0.39, 0.29) is 54.5 Å². The number of phenolic OH excluding ortho intramolecular Hbond substituents is 2. The lowest BCUT2D eigenvalue weighted by molar-refractivity contribution is -0.121. The van der Waals surface area contributed by atoms with Gasteiger partial charge in [0, 0.05) is 46.6 Å². The first kappa shape index (κ1) is 30.1. The number of carbonyl (C=O) groups is 2. The van der Waals surface area contributed by atoms with Gasteiger partial charge in [0.15, 0.2) is 11.5 Å². The van der Waals surface area contributed by atoms with E-state index >= 15 is 0 Å². The molecule has 0 spiro atoms. The van der Waals surface area contributed by atoms with Gasteiger partial charge in [0.25, 0.3) is 0 Å². The zero-order chi connectivity index (χ0) is 30.5. The first-order chi connectivity index (χ1) is 20.7. The van der Waals surface area contributed by atoms with Crippen molar-refractivity contribution in [3.05, 3.63) is 76.8 Å². The smallest absolute Gasteiger partial charge is 0.224 e. The Kier molecular flexibility index (Phi) is 9.34. The number of aliphatic imine (C=N–C) groups is 1. The molecule has 2 aliphatic heterocycles. The van der Waals surface area contributed by atoms with Crippen LogP contribution in [0.2, 0.25) is 5.02 Å². The summed E-state index contributed by atoms with van der Waals surface area (Å²) in [6.45, 7) is 4.77. The van der Waals surface area contributed by atoms with Gasteiger partial charge in [-0.2, -0.15) is 0 Å². The molecular formula is C31H35ClN6O5. The van der Waals surface area contributed by atoms with E-state index in [9.17, 15) is 19.8 Å². The number of fused-ring (bicyclic) bond motifs is 3. The van der Waals surface area contributed by atoms with Crippen LogP contribution in [0.5, 0.6) is 17.2 Å². The molecule has 0 aliphatic carbocycles. The second kappa shape index (κ2) is 13.3. The number of benzene rings is 3. The molecule has 2 amide bonds. The average molecular weight is 607 g/mol. The number of hydrogen-bond acceptors (Lipinski definition) is 9. The minimum atomic E-state index is -0.388. The van der Waals surface area contributed by atoms with E-state index < -0.39 is 0 Å². The maximum absolute atomic E-state index is 12.7. The number of amides is 2. The minimum absolute atomic E-state index is 0.0685. The lowest BCUT2D eigenvalue weighted by Crippen LogP contribution is -2.47. The van der Waals surface area contributed by atoms with Crippen LogP contribution in [0.15, 0.2) is 65.7 Å². The topological polar surface area (TPSA) is 148 Å². The fraction of sp³-hybridized carbons (Fsp3) is 0.323. The number of rotatable bonds is 10. The van der Waals surface area contributed by atoms with Crippen molar-refractivity contribution in [2.24, 2.45) is 4.99 Å². The predicted molar refractivity (Wildman–Crippen MR) is 166 cm³/mol. The highest BCUT2D eigenvalue weighted by Gasteiger charge is 2.40. The van der Waals surface area contributed by atoms with Gasteiger partial charge in [0.2, 0.25) is 11.8 Å². The highest BCUT2D eigenvalue weighted by Crippen LogP contribution is 2.36. The second-order valence-corrected chi connectivity index (χ2v) is 10.8. The Labute approximate surface area is 254 Å². The van der Waals surface area contributed by atoms with Gasteiger partial charge in [-0.1, -0.05) is 23.7 Å². The molecule has 5 rings (SSSR count). The fourth-order valence-corrected chi connectivity index (χ4v) is 5.38. The molecule has 226 valence electrons. The quantitative estimate of drug-likeness (QED) is 0.116. The zero-order valence-electron chi connectivity index (χ0n) is 23.9. The summed E-state index contributed by atoms with van der Waals surface area (Å²) < 4.78 is 6.07. The highest BCUT2D eigenvalue weighted by atomic mass is 35.5. The van der Waals surface area contributed by atoms with Gasteiger partial charge < -0.3 is 30.5 Å². The Morgan fingerprint density at radius 1 is 1.02 bits per heavy atom. The van der Waals surface area contributed by atoms with Crippen molar-refractivity contribution in [2.75, 3.05) is 23.4 Å². The van der Waals surface area contributed by atoms with Crippen LogP contribution in [0, 0.1) is 0 Å². The van der Waals surface area contributed by atoms with Gasteiger partial charge >= 0.3 is 0 Å². The summed E-state index contributed by atoms with van der Waals surface area (Å²) >= 11 is 6.20. The Hall–Kier alpha value is -4.32. The average Bonchev–Trinajstić information content (AvgIpc) is 3.30. The van der Waals surface area contributed by atoms with E-state index in [1.807, 2.05) is 56.3 Å².